The highest BCUT2D eigenvalue weighted by atomic mass is 19.1. The highest BCUT2D eigenvalue weighted by molar-refractivity contribution is 5.92. The average Bonchev–Trinajstić information content (AvgIpc) is 2.81. The molecule has 6 heteroatoms. The monoisotopic (exact) mass is 269 g/mol. The van der Waals surface area contributed by atoms with Crippen LogP contribution in [-0.2, 0) is 4.79 Å². The summed E-state index contributed by atoms with van der Waals surface area (Å²) in [6.45, 7) is 2.36. The Labute approximate surface area is 110 Å². The molecule has 0 aliphatic carbocycles. The zero-order chi connectivity index (χ0) is 13.8. The third-order valence-electron chi connectivity index (χ3n) is 3.27. The smallest absolute Gasteiger partial charge is 0.238 e. The molecule has 1 atom stereocenters. The Morgan fingerprint density at radius 2 is 2.26 bits per heavy atom. The maximum absolute atomic E-state index is 13.3. The first-order valence-electron chi connectivity index (χ1n) is 6.26. The van der Waals surface area contributed by atoms with Gasteiger partial charge >= 0.3 is 0 Å². The van der Waals surface area contributed by atoms with Crippen LogP contribution in [0.15, 0.2) is 18.2 Å². The van der Waals surface area contributed by atoms with E-state index < -0.39 is 11.6 Å². The third kappa shape index (κ3) is 3.71. The molecule has 1 amide bonds. The van der Waals surface area contributed by atoms with Gasteiger partial charge in [0.2, 0.25) is 5.91 Å². The van der Waals surface area contributed by atoms with Crippen LogP contribution in [0.5, 0.6) is 0 Å². The van der Waals surface area contributed by atoms with E-state index in [1.807, 2.05) is 4.90 Å². The number of carbonyl (C=O) groups is 1. The summed E-state index contributed by atoms with van der Waals surface area (Å²) in [4.78, 5) is 13.7. The molecule has 104 valence electrons. The first-order valence-corrected chi connectivity index (χ1v) is 6.26. The van der Waals surface area contributed by atoms with E-state index in [-0.39, 0.29) is 18.1 Å². The number of likely N-dealkylation sites (tertiary alicyclic amines) is 1. The van der Waals surface area contributed by atoms with E-state index in [1.165, 1.54) is 0 Å². The molecule has 1 aliphatic heterocycles. The normalized spacial score (nSPS) is 19.6. The minimum Gasteiger partial charge on any atom is -0.330 e. The molecule has 0 spiro atoms. The summed E-state index contributed by atoms with van der Waals surface area (Å²) >= 11 is 0. The molecule has 4 nitrogen and oxygen atoms in total. The largest absolute Gasteiger partial charge is 0.330 e. The van der Waals surface area contributed by atoms with Crippen LogP contribution in [0.2, 0.25) is 0 Å². The van der Waals surface area contributed by atoms with E-state index in [9.17, 15) is 13.6 Å². The third-order valence-corrected chi connectivity index (χ3v) is 3.27. The number of nitrogens with one attached hydrogen (secondary N) is 1. The molecular formula is C13H17F2N3O. The molecule has 2 rings (SSSR count). The van der Waals surface area contributed by atoms with Crippen LogP contribution in [0.1, 0.15) is 6.42 Å². The molecule has 1 aromatic rings. The number of nitrogens with zero attached hydrogens (tertiary/aromatic N) is 1. The Hall–Kier alpha value is -1.53. The number of benzene rings is 1. The number of halogens is 2. The van der Waals surface area contributed by atoms with E-state index in [2.05, 4.69) is 5.32 Å². The molecule has 0 aromatic heterocycles. The quantitative estimate of drug-likeness (QED) is 0.863. The first-order chi connectivity index (χ1) is 9.08. The Morgan fingerprint density at radius 1 is 1.47 bits per heavy atom. The van der Waals surface area contributed by atoms with Crippen LogP contribution in [-0.4, -0.2) is 37.0 Å². The molecule has 3 N–H and O–H groups in total. The summed E-state index contributed by atoms with van der Waals surface area (Å²) < 4.78 is 26.3. The van der Waals surface area contributed by atoms with Crippen molar-refractivity contribution < 1.29 is 13.6 Å². The predicted octanol–water partition coefficient (Wildman–Crippen LogP) is 1.18. The number of hydrogen-bond donors (Lipinski definition) is 2. The standard InChI is InChI=1S/C13H17F2N3O/c14-10-1-2-11(15)12(5-10)17-13(19)8-18-4-3-9(6-16)7-18/h1-2,5,9H,3-4,6-8,16H2,(H,17,19). The van der Waals surface area contributed by atoms with E-state index in [0.717, 1.165) is 37.7 Å². The number of nitrogens with two attached hydrogens (primary N) is 1. The van der Waals surface area contributed by atoms with Gasteiger partial charge in [0, 0.05) is 12.6 Å². The first kappa shape index (κ1) is 13.9. The fourth-order valence-electron chi connectivity index (χ4n) is 2.23. The highest BCUT2D eigenvalue weighted by Crippen LogP contribution is 2.17. The van der Waals surface area contributed by atoms with Crippen LogP contribution in [0.4, 0.5) is 14.5 Å². The lowest BCUT2D eigenvalue weighted by Gasteiger charge is -2.15. The van der Waals surface area contributed by atoms with Crippen molar-refractivity contribution in [3.05, 3.63) is 29.8 Å². The SMILES string of the molecule is NCC1CCN(CC(=O)Nc2cc(F)ccc2F)C1. The molecule has 0 radical (unpaired) electrons. The van der Waals surface area contributed by atoms with Gasteiger partial charge in [-0.2, -0.15) is 0 Å². The summed E-state index contributed by atoms with van der Waals surface area (Å²) in [5.41, 5.74) is 5.44. The van der Waals surface area contributed by atoms with Crippen LogP contribution in [0.3, 0.4) is 0 Å². The van der Waals surface area contributed by atoms with Gasteiger partial charge in [-0.15, -0.1) is 0 Å². The lowest BCUT2D eigenvalue weighted by molar-refractivity contribution is -0.117. The van der Waals surface area contributed by atoms with Gasteiger partial charge in [-0.3, -0.25) is 9.69 Å². The van der Waals surface area contributed by atoms with Crippen molar-refractivity contribution in [2.24, 2.45) is 11.7 Å². The van der Waals surface area contributed by atoms with Gasteiger partial charge in [-0.05, 0) is 37.6 Å². The van der Waals surface area contributed by atoms with Crippen LogP contribution >= 0.6 is 0 Å². The van der Waals surface area contributed by atoms with Crippen molar-refractivity contribution >= 4 is 11.6 Å². The average molecular weight is 269 g/mol. The Kier molecular flexibility index (Phi) is 4.44. The lowest BCUT2D eigenvalue weighted by atomic mass is 10.1. The van der Waals surface area contributed by atoms with Gasteiger partial charge in [0.25, 0.3) is 0 Å². The van der Waals surface area contributed by atoms with Gasteiger partial charge in [0.1, 0.15) is 11.6 Å². The lowest BCUT2D eigenvalue weighted by Crippen LogP contribution is -2.32. The minimum absolute atomic E-state index is 0.125. The Morgan fingerprint density at radius 3 is 2.95 bits per heavy atom. The maximum Gasteiger partial charge on any atom is 0.238 e. The van der Waals surface area contributed by atoms with Crippen molar-refractivity contribution in [2.45, 2.75) is 6.42 Å². The van der Waals surface area contributed by atoms with Gasteiger partial charge in [-0.25, -0.2) is 8.78 Å². The molecule has 19 heavy (non-hydrogen) atoms. The van der Waals surface area contributed by atoms with Crippen LogP contribution in [0, 0.1) is 17.6 Å². The number of hydrogen-bond acceptors (Lipinski definition) is 3. The zero-order valence-electron chi connectivity index (χ0n) is 10.5. The zero-order valence-corrected chi connectivity index (χ0v) is 10.5. The van der Waals surface area contributed by atoms with Crippen molar-refractivity contribution in [3.63, 3.8) is 0 Å². The molecule has 0 bridgehead atoms. The second-order valence-electron chi connectivity index (χ2n) is 4.80. The number of carbonyl (C=O) groups excluding carboxylic acids is 1. The van der Waals surface area contributed by atoms with Gasteiger partial charge in [-0.1, -0.05) is 0 Å². The van der Waals surface area contributed by atoms with E-state index in [4.69, 9.17) is 5.73 Å². The van der Waals surface area contributed by atoms with Crippen LogP contribution in [0.25, 0.3) is 0 Å². The van der Waals surface area contributed by atoms with Gasteiger partial charge in [0.15, 0.2) is 0 Å². The Balaban J connectivity index is 1.89. The molecule has 1 saturated heterocycles. The molecule has 1 aliphatic rings. The second kappa shape index (κ2) is 6.08. The summed E-state index contributed by atoms with van der Waals surface area (Å²) in [7, 11) is 0. The minimum atomic E-state index is -0.643. The van der Waals surface area contributed by atoms with Gasteiger partial charge < -0.3 is 11.1 Å². The molecular weight excluding hydrogens is 252 g/mol. The topological polar surface area (TPSA) is 58.4 Å². The van der Waals surface area contributed by atoms with Crippen molar-refractivity contribution in [1.82, 2.24) is 4.90 Å². The second-order valence-corrected chi connectivity index (χ2v) is 4.80. The van der Waals surface area contributed by atoms with Crippen molar-refractivity contribution in [3.8, 4) is 0 Å². The molecule has 1 unspecified atom stereocenters. The Bertz CT molecular complexity index is 467. The summed E-state index contributed by atoms with van der Waals surface area (Å²) in [5, 5.41) is 2.38. The molecule has 1 heterocycles. The number of amides is 1. The molecule has 1 fully saturated rings. The number of anilines is 1. The summed E-state index contributed by atoms with van der Waals surface area (Å²) in [6.07, 6.45) is 0.970. The fraction of sp³-hybridized carbons (Fsp3) is 0.462. The highest BCUT2D eigenvalue weighted by Gasteiger charge is 2.23. The van der Waals surface area contributed by atoms with E-state index >= 15 is 0 Å². The molecule has 1 aromatic carbocycles. The fourth-order valence-corrected chi connectivity index (χ4v) is 2.23. The maximum atomic E-state index is 13.3. The summed E-state index contributed by atoms with van der Waals surface area (Å²) in [5.74, 6) is -1.15. The van der Waals surface area contributed by atoms with E-state index in [0.29, 0.717) is 12.5 Å². The van der Waals surface area contributed by atoms with Gasteiger partial charge in [0.05, 0.1) is 12.2 Å². The van der Waals surface area contributed by atoms with Crippen molar-refractivity contribution in [2.75, 3.05) is 31.5 Å². The van der Waals surface area contributed by atoms with E-state index in [1.54, 1.807) is 0 Å². The van der Waals surface area contributed by atoms with Crippen LogP contribution < -0.4 is 11.1 Å². The molecule has 0 saturated carbocycles. The predicted molar refractivity (Wildman–Crippen MR) is 68.6 cm³/mol. The van der Waals surface area contributed by atoms with Crippen molar-refractivity contribution in [1.29, 1.82) is 0 Å². The summed E-state index contributed by atoms with van der Waals surface area (Å²) in [6, 6.07) is 2.97. The number of rotatable bonds is 4.